The monoisotopic (exact) mass is 661 g/mol. The topological polar surface area (TPSA) is 26.0 Å². The van der Waals surface area contributed by atoms with Crippen LogP contribution in [0.3, 0.4) is 0 Å². The minimum atomic E-state index is -0.551. The van der Waals surface area contributed by atoms with Crippen LogP contribution in [0, 0.1) is 0 Å². The molecule has 0 bridgehead atoms. The van der Waals surface area contributed by atoms with Crippen LogP contribution in [-0.4, -0.2) is 4.98 Å². The van der Waals surface area contributed by atoms with E-state index in [0.717, 1.165) is 50.4 Å². The third kappa shape index (κ3) is 4.09. The molecule has 0 unspecified atom stereocenters. The molecule has 0 saturated carbocycles. The molecule has 52 heavy (non-hydrogen) atoms. The second-order valence-corrected chi connectivity index (χ2v) is 13.8. The van der Waals surface area contributed by atoms with Gasteiger partial charge >= 0.3 is 0 Å². The van der Waals surface area contributed by atoms with Gasteiger partial charge in [0.1, 0.15) is 16.8 Å². The summed E-state index contributed by atoms with van der Waals surface area (Å²) >= 11 is 0. The van der Waals surface area contributed by atoms with Crippen molar-refractivity contribution < 1.29 is 4.42 Å². The molecule has 11 rings (SSSR count). The van der Waals surface area contributed by atoms with E-state index in [9.17, 15) is 0 Å². The Hall–Kier alpha value is -6.77. The number of fused-ring (bicyclic) bond motifs is 12. The van der Waals surface area contributed by atoms with Gasteiger partial charge in [0.25, 0.3) is 0 Å². The van der Waals surface area contributed by atoms with Crippen molar-refractivity contribution in [1.29, 1.82) is 0 Å². The summed E-state index contributed by atoms with van der Waals surface area (Å²) in [4.78, 5) is 5.12. The molecular formula is C50H31NO. The van der Waals surface area contributed by atoms with Crippen molar-refractivity contribution >= 4 is 11.0 Å². The zero-order valence-electron chi connectivity index (χ0n) is 28.3. The van der Waals surface area contributed by atoms with Crippen LogP contribution in [0.15, 0.2) is 192 Å². The van der Waals surface area contributed by atoms with Crippen LogP contribution in [-0.2, 0) is 5.41 Å². The first-order valence-corrected chi connectivity index (χ1v) is 17.9. The van der Waals surface area contributed by atoms with E-state index in [4.69, 9.17) is 9.40 Å². The van der Waals surface area contributed by atoms with E-state index < -0.39 is 5.41 Å². The second kappa shape index (κ2) is 11.1. The zero-order chi connectivity index (χ0) is 34.2. The van der Waals surface area contributed by atoms with Crippen LogP contribution in [0.5, 0.6) is 0 Å². The fourth-order valence-corrected chi connectivity index (χ4v) is 8.81. The van der Waals surface area contributed by atoms with Gasteiger partial charge in [-0.3, -0.25) is 0 Å². The van der Waals surface area contributed by atoms with Gasteiger partial charge in [0, 0.05) is 22.1 Å². The molecule has 0 N–H and O–H groups in total. The Labute approximate surface area is 302 Å². The van der Waals surface area contributed by atoms with Gasteiger partial charge in [-0.05, 0) is 86.0 Å². The van der Waals surface area contributed by atoms with Crippen LogP contribution in [0.4, 0.5) is 0 Å². The van der Waals surface area contributed by atoms with Crippen LogP contribution in [0.2, 0.25) is 0 Å². The fraction of sp³-hybridized carbons (Fsp3) is 0.0200. The first kappa shape index (κ1) is 29.0. The van der Waals surface area contributed by atoms with E-state index in [1.54, 1.807) is 0 Å². The van der Waals surface area contributed by atoms with Crippen molar-refractivity contribution in [3.8, 4) is 67.0 Å². The average molecular weight is 662 g/mol. The molecule has 2 nitrogen and oxygen atoms in total. The summed E-state index contributed by atoms with van der Waals surface area (Å²) in [5.74, 6) is 1.02. The fourth-order valence-electron chi connectivity index (χ4n) is 8.81. The van der Waals surface area contributed by atoms with Crippen molar-refractivity contribution in [2.45, 2.75) is 5.41 Å². The molecule has 0 radical (unpaired) electrons. The predicted molar refractivity (Wildman–Crippen MR) is 212 cm³/mol. The van der Waals surface area contributed by atoms with Crippen molar-refractivity contribution in [3.05, 3.63) is 211 Å². The van der Waals surface area contributed by atoms with Gasteiger partial charge in [-0.1, -0.05) is 158 Å². The predicted octanol–water partition coefficient (Wildman–Crippen LogP) is 12.8. The summed E-state index contributed by atoms with van der Waals surface area (Å²) in [6, 6.07) is 67.6. The van der Waals surface area contributed by atoms with Crippen molar-refractivity contribution in [2.24, 2.45) is 0 Å². The Morgan fingerprint density at radius 2 is 0.904 bits per heavy atom. The van der Waals surface area contributed by atoms with Gasteiger partial charge in [-0.25, -0.2) is 4.98 Å². The summed E-state index contributed by atoms with van der Waals surface area (Å²) in [6.07, 6.45) is 0. The summed E-state index contributed by atoms with van der Waals surface area (Å²) in [5, 5.41) is 1.16. The Bertz CT molecular complexity index is 2740. The maximum atomic E-state index is 6.96. The molecule has 0 atom stereocenters. The van der Waals surface area contributed by atoms with Gasteiger partial charge in [-0.2, -0.15) is 0 Å². The lowest BCUT2D eigenvalue weighted by Crippen LogP contribution is -2.25. The molecule has 7 aromatic carbocycles. The molecule has 9 aromatic rings. The molecule has 0 amide bonds. The highest BCUT2D eigenvalue weighted by atomic mass is 16.3. The lowest BCUT2D eigenvalue weighted by atomic mass is 9.72. The van der Waals surface area contributed by atoms with Crippen LogP contribution in [0.25, 0.3) is 78.0 Å². The maximum absolute atomic E-state index is 6.96. The number of benzene rings is 7. The molecule has 2 aliphatic rings. The van der Waals surface area contributed by atoms with Gasteiger partial charge in [0.05, 0.1) is 11.4 Å². The van der Waals surface area contributed by atoms with Crippen molar-refractivity contribution in [1.82, 2.24) is 4.98 Å². The highest BCUT2D eigenvalue weighted by Gasteiger charge is 2.55. The number of nitrogens with zero attached hydrogens (tertiary/aromatic N) is 1. The molecule has 0 fully saturated rings. The van der Waals surface area contributed by atoms with Gasteiger partial charge in [0.15, 0.2) is 0 Å². The average Bonchev–Trinajstić information content (AvgIpc) is 3.85. The summed E-state index contributed by atoms with van der Waals surface area (Å²) in [6.45, 7) is 0. The van der Waals surface area contributed by atoms with Crippen molar-refractivity contribution in [3.63, 3.8) is 0 Å². The Morgan fingerprint density at radius 1 is 0.365 bits per heavy atom. The Balaban J connectivity index is 1.12. The van der Waals surface area contributed by atoms with E-state index in [1.165, 1.54) is 50.1 Å². The summed E-state index contributed by atoms with van der Waals surface area (Å²) in [7, 11) is 0. The second-order valence-electron chi connectivity index (χ2n) is 13.8. The largest absolute Gasteiger partial charge is 0.459 e. The minimum absolute atomic E-state index is 0.551. The number of para-hydroxylation sites is 1. The summed E-state index contributed by atoms with van der Waals surface area (Å²) < 4.78 is 6.96. The van der Waals surface area contributed by atoms with E-state index >= 15 is 0 Å². The Kier molecular flexibility index (Phi) is 6.20. The lowest BCUT2D eigenvalue weighted by Gasteiger charge is -2.28. The molecule has 2 heterocycles. The summed E-state index contributed by atoms with van der Waals surface area (Å²) in [5.41, 5.74) is 17.9. The number of furan rings is 1. The minimum Gasteiger partial charge on any atom is -0.459 e. The number of pyridine rings is 1. The van der Waals surface area contributed by atoms with Crippen LogP contribution >= 0.6 is 0 Å². The molecule has 1 spiro atoms. The molecule has 0 saturated heterocycles. The maximum Gasteiger partial charge on any atom is 0.135 e. The van der Waals surface area contributed by atoms with E-state index in [0.29, 0.717) is 0 Å². The normalized spacial score (nSPS) is 13.2. The number of aromatic nitrogens is 1. The number of rotatable bonds is 4. The lowest BCUT2D eigenvalue weighted by molar-refractivity contribution is 0.507. The number of hydrogen-bond acceptors (Lipinski definition) is 2. The molecule has 2 aromatic heterocycles. The molecular weight excluding hydrogens is 631 g/mol. The Morgan fingerprint density at radius 3 is 1.58 bits per heavy atom. The standard InChI is InChI=1S/C50H31NO/c1-3-14-32(15-4-1)45-30-37(31-46(51-45)33-16-5-2-6-17-33)35-19-13-18-34(28-35)36-26-27-40-44(29-36)50(49-48(40)41-22-9-12-25-47(41)52-49)42-23-10-7-20-38(42)39-21-8-11-24-43(39)50/h1-31H. The van der Waals surface area contributed by atoms with Gasteiger partial charge < -0.3 is 4.42 Å². The van der Waals surface area contributed by atoms with E-state index in [1.807, 2.05) is 12.1 Å². The van der Waals surface area contributed by atoms with Gasteiger partial charge in [-0.15, -0.1) is 0 Å². The highest BCUT2D eigenvalue weighted by molar-refractivity contribution is 6.05. The third-order valence-electron chi connectivity index (χ3n) is 11.1. The number of hydrogen-bond donors (Lipinski definition) is 0. The van der Waals surface area contributed by atoms with Gasteiger partial charge in [0.2, 0.25) is 0 Å². The molecule has 242 valence electrons. The van der Waals surface area contributed by atoms with Crippen molar-refractivity contribution in [2.75, 3.05) is 0 Å². The molecule has 2 aliphatic carbocycles. The molecule has 0 aliphatic heterocycles. The van der Waals surface area contributed by atoms with E-state index in [-0.39, 0.29) is 0 Å². The van der Waals surface area contributed by atoms with Crippen LogP contribution < -0.4 is 0 Å². The first-order valence-electron chi connectivity index (χ1n) is 17.9. The van der Waals surface area contributed by atoms with Crippen LogP contribution in [0.1, 0.15) is 22.5 Å². The first-order chi connectivity index (χ1) is 25.8. The zero-order valence-corrected chi connectivity index (χ0v) is 28.3. The third-order valence-corrected chi connectivity index (χ3v) is 11.1. The SMILES string of the molecule is c1ccc(-c2cc(-c3cccc(-c4ccc5c(c4)C4(c6ccccc6-c6ccccc64)c4oc6ccccc6c4-5)c3)cc(-c3ccccc3)n2)cc1. The van der Waals surface area contributed by atoms with E-state index in [2.05, 4.69) is 176 Å². The smallest absolute Gasteiger partial charge is 0.135 e. The highest BCUT2D eigenvalue weighted by Crippen LogP contribution is 2.64. The molecule has 2 heteroatoms. The quantitative estimate of drug-likeness (QED) is 0.188.